The summed E-state index contributed by atoms with van der Waals surface area (Å²) in [6, 6.07) is 6.69. The summed E-state index contributed by atoms with van der Waals surface area (Å²) < 4.78 is 16.0. The van der Waals surface area contributed by atoms with Gasteiger partial charge in [-0.15, -0.1) is 0 Å². The van der Waals surface area contributed by atoms with E-state index in [-0.39, 0.29) is 13.2 Å². The zero-order valence-corrected chi connectivity index (χ0v) is 16.7. The van der Waals surface area contributed by atoms with Crippen LogP contribution >= 0.6 is 0 Å². The molecule has 0 heterocycles. The van der Waals surface area contributed by atoms with E-state index in [9.17, 15) is 14.4 Å². The number of nitrogens with two attached hydrogens (primary N) is 1. The Morgan fingerprint density at radius 2 is 1.41 bits per heavy atom. The van der Waals surface area contributed by atoms with Crippen molar-refractivity contribution in [3.05, 3.63) is 29.8 Å². The molecule has 0 aliphatic carbocycles. The molecule has 150 valence electrons. The summed E-state index contributed by atoms with van der Waals surface area (Å²) in [4.78, 5) is 36.9. The van der Waals surface area contributed by atoms with Crippen LogP contribution in [0.3, 0.4) is 0 Å². The van der Waals surface area contributed by atoms with Crippen LogP contribution in [-0.4, -0.2) is 40.8 Å². The quantitative estimate of drug-likeness (QED) is 0.840. The Kier molecular flexibility index (Phi) is 7.21. The molecule has 0 fully saturated rings. The van der Waals surface area contributed by atoms with Gasteiger partial charge in [0.05, 0.1) is 6.54 Å². The van der Waals surface area contributed by atoms with Crippen molar-refractivity contribution >= 4 is 18.1 Å². The van der Waals surface area contributed by atoms with Crippen molar-refractivity contribution in [2.24, 2.45) is 5.73 Å². The van der Waals surface area contributed by atoms with E-state index >= 15 is 0 Å². The predicted octanol–water partition coefficient (Wildman–Crippen LogP) is 3.22. The SMILES string of the molecule is CC(C)(C)OC(=O)N(Cc1ccccc1OCC(N)=O)C(=O)OC(C)(C)C. The second-order valence-corrected chi connectivity index (χ2v) is 7.91. The number of carbonyl (C=O) groups is 3. The summed E-state index contributed by atoms with van der Waals surface area (Å²) in [5, 5.41) is 0. The molecule has 0 aliphatic rings. The van der Waals surface area contributed by atoms with Gasteiger partial charge in [0.15, 0.2) is 6.61 Å². The normalized spacial score (nSPS) is 11.5. The fourth-order valence-corrected chi connectivity index (χ4v) is 1.93. The lowest BCUT2D eigenvalue weighted by Gasteiger charge is -2.29. The summed E-state index contributed by atoms with van der Waals surface area (Å²) in [7, 11) is 0. The molecule has 0 saturated heterocycles. The molecule has 0 bridgehead atoms. The number of nitrogens with zero attached hydrogens (tertiary/aromatic N) is 1. The molecule has 1 rings (SSSR count). The first kappa shape index (κ1) is 22.3. The molecule has 0 atom stereocenters. The van der Waals surface area contributed by atoms with Crippen molar-refractivity contribution in [3.8, 4) is 5.75 Å². The number of ether oxygens (including phenoxy) is 3. The fraction of sp³-hybridized carbons (Fsp3) is 0.526. The highest BCUT2D eigenvalue weighted by Crippen LogP contribution is 2.23. The molecule has 3 amide bonds. The number of rotatable bonds is 5. The minimum Gasteiger partial charge on any atom is -0.483 e. The van der Waals surface area contributed by atoms with Gasteiger partial charge in [-0.2, -0.15) is 0 Å². The van der Waals surface area contributed by atoms with Crippen LogP contribution in [0.4, 0.5) is 9.59 Å². The number of hydrogen-bond donors (Lipinski definition) is 1. The molecule has 1 aromatic rings. The summed E-state index contributed by atoms with van der Waals surface area (Å²) >= 11 is 0. The van der Waals surface area contributed by atoms with E-state index in [1.54, 1.807) is 65.8 Å². The van der Waals surface area contributed by atoms with Crippen LogP contribution in [0, 0.1) is 0 Å². The molecule has 0 saturated carbocycles. The van der Waals surface area contributed by atoms with E-state index in [4.69, 9.17) is 19.9 Å². The fourth-order valence-electron chi connectivity index (χ4n) is 1.93. The van der Waals surface area contributed by atoms with Crippen molar-refractivity contribution in [3.63, 3.8) is 0 Å². The number of hydrogen-bond acceptors (Lipinski definition) is 6. The average Bonchev–Trinajstić information content (AvgIpc) is 2.47. The number of primary amides is 1. The largest absolute Gasteiger partial charge is 0.483 e. The lowest BCUT2D eigenvalue weighted by Crippen LogP contribution is -2.43. The van der Waals surface area contributed by atoms with Crippen molar-refractivity contribution in [2.75, 3.05) is 6.61 Å². The Hall–Kier alpha value is -2.77. The number of carbonyl (C=O) groups excluding carboxylic acids is 3. The number of imide groups is 1. The summed E-state index contributed by atoms with van der Waals surface area (Å²) in [6.45, 7) is 9.70. The zero-order valence-electron chi connectivity index (χ0n) is 16.7. The predicted molar refractivity (Wildman–Crippen MR) is 99.1 cm³/mol. The number of benzene rings is 1. The summed E-state index contributed by atoms with van der Waals surface area (Å²) in [6.07, 6.45) is -1.69. The molecule has 0 spiro atoms. The van der Waals surface area contributed by atoms with E-state index in [0.29, 0.717) is 11.3 Å². The van der Waals surface area contributed by atoms with Crippen LogP contribution in [0.25, 0.3) is 0 Å². The lowest BCUT2D eigenvalue weighted by atomic mass is 10.2. The second-order valence-electron chi connectivity index (χ2n) is 7.91. The van der Waals surface area contributed by atoms with Gasteiger partial charge < -0.3 is 19.9 Å². The molecule has 0 aliphatic heterocycles. The van der Waals surface area contributed by atoms with Crippen LogP contribution in [0.15, 0.2) is 24.3 Å². The Morgan fingerprint density at radius 3 is 1.85 bits per heavy atom. The van der Waals surface area contributed by atoms with Crippen molar-refractivity contribution in [1.82, 2.24) is 4.90 Å². The first-order chi connectivity index (χ1) is 12.3. The minimum atomic E-state index is -0.846. The topological polar surface area (TPSA) is 108 Å². The molecule has 0 unspecified atom stereocenters. The van der Waals surface area contributed by atoms with Crippen LogP contribution in [0.1, 0.15) is 47.1 Å². The van der Waals surface area contributed by atoms with Gasteiger partial charge >= 0.3 is 12.2 Å². The molecule has 8 nitrogen and oxygen atoms in total. The van der Waals surface area contributed by atoms with Gasteiger partial charge in [-0.25, -0.2) is 14.5 Å². The van der Waals surface area contributed by atoms with E-state index in [0.717, 1.165) is 4.90 Å². The maximum Gasteiger partial charge on any atom is 0.420 e. The minimum absolute atomic E-state index is 0.154. The molecule has 27 heavy (non-hydrogen) atoms. The third kappa shape index (κ3) is 8.44. The van der Waals surface area contributed by atoms with Crippen molar-refractivity contribution in [2.45, 2.75) is 59.3 Å². The molecule has 2 N–H and O–H groups in total. The van der Waals surface area contributed by atoms with Gasteiger partial charge in [-0.05, 0) is 47.6 Å². The van der Waals surface area contributed by atoms with E-state index in [2.05, 4.69) is 0 Å². The highest BCUT2D eigenvalue weighted by molar-refractivity contribution is 5.88. The standard InChI is InChI=1S/C19H28N2O6/c1-18(2,3)26-16(23)21(17(24)27-19(4,5)6)11-13-9-7-8-10-14(13)25-12-15(20)22/h7-10H,11-12H2,1-6H3,(H2,20,22). The Labute approximate surface area is 159 Å². The molecule has 0 aromatic heterocycles. The third-order valence-electron chi connectivity index (χ3n) is 2.90. The monoisotopic (exact) mass is 380 g/mol. The third-order valence-corrected chi connectivity index (χ3v) is 2.90. The average molecular weight is 380 g/mol. The molecular weight excluding hydrogens is 352 g/mol. The van der Waals surface area contributed by atoms with Crippen LogP contribution in [0.5, 0.6) is 5.75 Å². The highest BCUT2D eigenvalue weighted by atomic mass is 16.6. The van der Waals surface area contributed by atoms with Crippen LogP contribution in [-0.2, 0) is 20.8 Å². The van der Waals surface area contributed by atoms with E-state index in [1.165, 1.54) is 0 Å². The van der Waals surface area contributed by atoms with Gasteiger partial charge in [0.25, 0.3) is 5.91 Å². The lowest BCUT2D eigenvalue weighted by molar-refractivity contribution is -0.120. The maximum atomic E-state index is 12.6. The van der Waals surface area contributed by atoms with E-state index in [1.807, 2.05) is 0 Å². The molecule has 0 radical (unpaired) electrons. The summed E-state index contributed by atoms with van der Waals surface area (Å²) in [5.41, 5.74) is 4.02. The van der Waals surface area contributed by atoms with Gasteiger partial charge in [-0.1, -0.05) is 18.2 Å². The van der Waals surface area contributed by atoms with Gasteiger partial charge in [0.2, 0.25) is 0 Å². The second kappa shape index (κ2) is 8.75. The smallest absolute Gasteiger partial charge is 0.420 e. The number of amides is 3. The number of para-hydroxylation sites is 1. The van der Waals surface area contributed by atoms with E-state index < -0.39 is 29.3 Å². The first-order valence-electron chi connectivity index (χ1n) is 8.51. The Balaban J connectivity index is 3.12. The van der Waals surface area contributed by atoms with Gasteiger partial charge in [0, 0.05) is 5.56 Å². The summed E-state index contributed by atoms with van der Waals surface area (Å²) in [5.74, 6) is -0.311. The van der Waals surface area contributed by atoms with Crippen LogP contribution < -0.4 is 10.5 Å². The van der Waals surface area contributed by atoms with Crippen molar-refractivity contribution < 1.29 is 28.6 Å². The van der Waals surface area contributed by atoms with Crippen molar-refractivity contribution in [1.29, 1.82) is 0 Å². The first-order valence-corrected chi connectivity index (χ1v) is 8.51. The molecule has 1 aromatic carbocycles. The zero-order chi connectivity index (χ0) is 20.8. The maximum absolute atomic E-state index is 12.6. The van der Waals surface area contributed by atoms with Crippen LogP contribution in [0.2, 0.25) is 0 Å². The Bertz CT molecular complexity index is 660. The highest BCUT2D eigenvalue weighted by Gasteiger charge is 2.31. The molecular formula is C19H28N2O6. The van der Waals surface area contributed by atoms with Gasteiger partial charge in [-0.3, -0.25) is 4.79 Å². The Morgan fingerprint density at radius 1 is 0.926 bits per heavy atom. The van der Waals surface area contributed by atoms with Gasteiger partial charge in [0.1, 0.15) is 17.0 Å². The molecule has 8 heteroatoms.